The van der Waals surface area contributed by atoms with Gasteiger partial charge >= 0.3 is 0 Å². The van der Waals surface area contributed by atoms with Crippen molar-refractivity contribution in [2.24, 2.45) is 5.10 Å². The third-order valence-electron chi connectivity index (χ3n) is 2.58. The van der Waals surface area contributed by atoms with Gasteiger partial charge < -0.3 is 0 Å². The first-order valence-electron chi connectivity index (χ1n) is 6.03. The first-order chi connectivity index (χ1) is 9.31. The van der Waals surface area contributed by atoms with Crippen molar-refractivity contribution in [3.63, 3.8) is 0 Å². The van der Waals surface area contributed by atoms with Crippen LogP contribution in [0.3, 0.4) is 0 Å². The van der Waals surface area contributed by atoms with E-state index in [0.29, 0.717) is 11.6 Å². The zero-order chi connectivity index (χ0) is 13.5. The molecule has 0 N–H and O–H groups in total. The minimum atomic E-state index is 0.604. The van der Waals surface area contributed by atoms with E-state index in [1.54, 1.807) is 6.08 Å². The van der Waals surface area contributed by atoms with Crippen LogP contribution in [0.2, 0.25) is 5.02 Å². The molecule has 0 saturated heterocycles. The van der Waals surface area contributed by atoms with E-state index in [2.05, 4.69) is 11.7 Å². The molecule has 0 amide bonds. The van der Waals surface area contributed by atoms with E-state index in [0.717, 1.165) is 11.3 Å². The minimum Gasteiger partial charge on any atom is -0.260 e. The average molecular weight is 271 g/mol. The number of hydrogen-bond donors (Lipinski definition) is 0. The van der Waals surface area contributed by atoms with Gasteiger partial charge in [0.1, 0.15) is 0 Å². The van der Waals surface area contributed by atoms with Crippen molar-refractivity contribution >= 4 is 23.5 Å². The zero-order valence-corrected chi connectivity index (χ0v) is 11.3. The van der Waals surface area contributed by atoms with E-state index in [1.165, 1.54) is 0 Å². The Balaban J connectivity index is 2.24. The summed E-state index contributed by atoms with van der Waals surface area (Å²) in [6, 6.07) is 17.6. The standard InChI is InChI=1S/C16H15ClN2/c1-2-12-19(16-11-7-6-10-15(16)17)18-13-14-8-4-3-5-9-14/h2-11,13H,1,12H2/b18-13+. The lowest BCUT2D eigenvalue weighted by molar-refractivity contribution is 0.947. The van der Waals surface area contributed by atoms with Crippen molar-refractivity contribution in [3.05, 3.63) is 77.8 Å². The van der Waals surface area contributed by atoms with E-state index in [1.807, 2.05) is 65.8 Å². The SMILES string of the molecule is C=CCN(/N=C/c1ccccc1)c1ccccc1Cl. The third kappa shape index (κ3) is 3.70. The second kappa shape index (κ2) is 6.76. The Morgan fingerprint density at radius 2 is 1.74 bits per heavy atom. The van der Waals surface area contributed by atoms with Crippen LogP contribution in [0.25, 0.3) is 0 Å². The van der Waals surface area contributed by atoms with Crippen LogP contribution in [0.5, 0.6) is 0 Å². The minimum absolute atomic E-state index is 0.604. The second-order valence-electron chi connectivity index (χ2n) is 3.98. The summed E-state index contributed by atoms with van der Waals surface area (Å²) in [6.07, 6.45) is 3.61. The van der Waals surface area contributed by atoms with Crippen molar-refractivity contribution in [2.45, 2.75) is 0 Å². The number of hydrazone groups is 1. The maximum absolute atomic E-state index is 6.19. The van der Waals surface area contributed by atoms with E-state index < -0.39 is 0 Å². The van der Waals surface area contributed by atoms with Gasteiger partial charge in [-0.15, -0.1) is 6.58 Å². The van der Waals surface area contributed by atoms with Crippen LogP contribution in [-0.2, 0) is 0 Å². The number of hydrogen-bond acceptors (Lipinski definition) is 2. The van der Waals surface area contributed by atoms with Crippen molar-refractivity contribution in [3.8, 4) is 0 Å². The highest BCUT2D eigenvalue weighted by Gasteiger charge is 2.06. The molecule has 0 aromatic heterocycles. The molecule has 0 fully saturated rings. The van der Waals surface area contributed by atoms with Crippen LogP contribution in [-0.4, -0.2) is 12.8 Å². The molecule has 0 saturated carbocycles. The van der Waals surface area contributed by atoms with Gasteiger partial charge in [-0.2, -0.15) is 5.10 Å². The molecule has 0 bridgehead atoms. The van der Waals surface area contributed by atoms with Gasteiger partial charge in [-0.05, 0) is 17.7 Å². The maximum Gasteiger partial charge on any atom is 0.0783 e. The number of para-hydroxylation sites is 1. The highest BCUT2D eigenvalue weighted by Crippen LogP contribution is 2.25. The van der Waals surface area contributed by atoms with Crippen LogP contribution in [0, 0.1) is 0 Å². The van der Waals surface area contributed by atoms with Gasteiger partial charge in [0, 0.05) is 0 Å². The summed E-state index contributed by atoms with van der Waals surface area (Å²) < 4.78 is 0. The Kier molecular flexibility index (Phi) is 4.76. The smallest absolute Gasteiger partial charge is 0.0783 e. The summed E-state index contributed by atoms with van der Waals surface area (Å²) in [5.41, 5.74) is 1.92. The van der Waals surface area contributed by atoms with Crippen molar-refractivity contribution in [1.82, 2.24) is 0 Å². The largest absolute Gasteiger partial charge is 0.260 e. The molecule has 0 aliphatic carbocycles. The molecule has 0 radical (unpaired) electrons. The number of nitrogens with zero attached hydrogens (tertiary/aromatic N) is 2. The molecule has 0 spiro atoms. The Morgan fingerprint density at radius 3 is 2.42 bits per heavy atom. The fraction of sp³-hybridized carbons (Fsp3) is 0.0625. The molecule has 2 aromatic carbocycles. The van der Waals surface area contributed by atoms with Crippen LogP contribution in [0.1, 0.15) is 5.56 Å². The van der Waals surface area contributed by atoms with Gasteiger partial charge in [-0.25, -0.2) is 0 Å². The topological polar surface area (TPSA) is 15.6 Å². The third-order valence-corrected chi connectivity index (χ3v) is 2.90. The number of rotatable bonds is 5. The summed E-state index contributed by atoms with van der Waals surface area (Å²) in [7, 11) is 0. The molecule has 2 aromatic rings. The quantitative estimate of drug-likeness (QED) is 0.448. The fourth-order valence-electron chi connectivity index (χ4n) is 1.67. The van der Waals surface area contributed by atoms with E-state index >= 15 is 0 Å². The van der Waals surface area contributed by atoms with E-state index in [9.17, 15) is 0 Å². The lowest BCUT2D eigenvalue weighted by Crippen LogP contribution is -2.16. The molecule has 96 valence electrons. The number of halogens is 1. The van der Waals surface area contributed by atoms with Gasteiger partial charge in [0.05, 0.1) is 23.5 Å². The molecular weight excluding hydrogens is 256 g/mol. The molecule has 2 nitrogen and oxygen atoms in total. The van der Waals surface area contributed by atoms with Gasteiger partial charge in [-0.3, -0.25) is 5.01 Å². The summed E-state index contributed by atoms with van der Waals surface area (Å²) in [5.74, 6) is 0. The number of benzene rings is 2. The van der Waals surface area contributed by atoms with Crippen LogP contribution >= 0.6 is 11.6 Å². The Bertz CT molecular complexity index is 564. The van der Waals surface area contributed by atoms with Gasteiger partial charge in [0.25, 0.3) is 0 Å². The predicted octanol–water partition coefficient (Wildman–Crippen LogP) is 4.37. The molecule has 0 heterocycles. The lowest BCUT2D eigenvalue weighted by atomic mass is 10.2. The van der Waals surface area contributed by atoms with Gasteiger partial charge in [-0.1, -0.05) is 60.1 Å². The van der Waals surface area contributed by atoms with Gasteiger partial charge in [0.15, 0.2) is 0 Å². The van der Waals surface area contributed by atoms with Crippen LogP contribution in [0.4, 0.5) is 5.69 Å². The molecule has 3 heteroatoms. The Morgan fingerprint density at radius 1 is 1.05 bits per heavy atom. The first-order valence-corrected chi connectivity index (χ1v) is 6.41. The lowest BCUT2D eigenvalue weighted by Gasteiger charge is -2.18. The number of anilines is 1. The summed E-state index contributed by atoms with van der Waals surface area (Å²) in [5, 5.41) is 6.96. The van der Waals surface area contributed by atoms with Crippen molar-refractivity contribution in [2.75, 3.05) is 11.6 Å². The predicted molar refractivity (Wildman–Crippen MR) is 83.0 cm³/mol. The average Bonchev–Trinajstić information content (AvgIpc) is 2.45. The monoisotopic (exact) mass is 270 g/mol. The molecule has 2 rings (SSSR count). The van der Waals surface area contributed by atoms with Gasteiger partial charge in [0.2, 0.25) is 0 Å². The molecule has 19 heavy (non-hydrogen) atoms. The first kappa shape index (κ1) is 13.4. The molecule has 0 atom stereocenters. The van der Waals surface area contributed by atoms with Crippen molar-refractivity contribution < 1.29 is 0 Å². The summed E-state index contributed by atoms with van der Waals surface area (Å²) in [4.78, 5) is 0. The molecule has 0 unspecified atom stereocenters. The highest BCUT2D eigenvalue weighted by molar-refractivity contribution is 6.33. The van der Waals surface area contributed by atoms with E-state index in [-0.39, 0.29) is 0 Å². The molecule has 0 aliphatic rings. The van der Waals surface area contributed by atoms with Crippen molar-refractivity contribution in [1.29, 1.82) is 0 Å². The zero-order valence-electron chi connectivity index (χ0n) is 10.5. The van der Waals surface area contributed by atoms with Crippen LogP contribution < -0.4 is 5.01 Å². The van der Waals surface area contributed by atoms with E-state index in [4.69, 9.17) is 11.6 Å². The Hall–Kier alpha value is -2.06. The fourth-order valence-corrected chi connectivity index (χ4v) is 1.90. The summed E-state index contributed by atoms with van der Waals surface area (Å²) in [6.45, 7) is 4.36. The molecule has 0 aliphatic heterocycles. The maximum atomic E-state index is 6.19. The van der Waals surface area contributed by atoms with Crippen LogP contribution in [0.15, 0.2) is 72.4 Å². The summed E-state index contributed by atoms with van der Waals surface area (Å²) >= 11 is 6.19. The molecular formula is C16H15ClN2. The highest BCUT2D eigenvalue weighted by atomic mass is 35.5. The second-order valence-corrected chi connectivity index (χ2v) is 4.38. The Labute approximate surface area is 118 Å². The normalized spacial score (nSPS) is 10.6.